The molecule has 0 aliphatic carbocycles. The average molecular weight is 730 g/mol. The van der Waals surface area contributed by atoms with Gasteiger partial charge in [-0.15, -0.1) is 0 Å². The van der Waals surface area contributed by atoms with E-state index in [0.29, 0.717) is 18.8 Å². The number of carbonyl (C=O) groups is 3. The van der Waals surface area contributed by atoms with Crippen LogP contribution in [0.4, 0.5) is 10.5 Å². The number of fused-ring (bicyclic) bond motifs is 2. The summed E-state index contributed by atoms with van der Waals surface area (Å²) in [6.45, 7) is 8.08. The molecule has 14 heteroatoms. The number of hydrogen-bond acceptors (Lipinski definition) is 11. The fourth-order valence-electron chi connectivity index (χ4n) is 7.88. The fourth-order valence-corrected chi connectivity index (χ4v) is 7.88. The summed E-state index contributed by atoms with van der Waals surface area (Å²) in [5.74, 6) is 3.65. The van der Waals surface area contributed by atoms with Crippen molar-refractivity contribution in [3.05, 3.63) is 71.8 Å². The number of likely N-dealkylation sites (tertiary alicyclic amines) is 1. The highest BCUT2D eigenvalue weighted by Gasteiger charge is 2.40. The first-order chi connectivity index (χ1) is 25.6. The SMILES string of the molecule is CC(=O)NC1(c2ccc3c(c2)OCO3)CCNCC1.COc1ccc(N2CC(CN3CCC(NC(C)=O)(c4ccc5c(c4)OCO5)CC3)OC2=O)cc1. The van der Waals surface area contributed by atoms with Gasteiger partial charge in [0, 0.05) is 39.2 Å². The molecule has 3 N–H and O–H groups in total. The molecular formula is C39H47N5O9. The highest BCUT2D eigenvalue weighted by atomic mass is 16.7. The molecule has 3 aromatic carbocycles. The van der Waals surface area contributed by atoms with Gasteiger partial charge in [0.25, 0.3) is 0 Å². The molecular weight excluding hydrogens is 682 g/mol. The summed E-state index contributed by atoms with van der Waals surface area (Å²) in [5, 5.41) is 9.65. The van der Waals surface area contributed by atoms with E-state index in [9.17, 15) is 14.4 Å². The molecule has 3 amide bonds. The number of benzene rings is 3. The Morgan fingerprint density at radius 1 is 0.774 bits per heavy atom. The second-order valence-corrected chi connectivity index (χ2v) is 14.0. The topological polar surface area (TPSA) is 149 Å². The second-order valence-electron chi connectivity index (χ2n) is 14.0. The molecule has 5 heterocycles. The van der Waals surface area contributed by atoms with E-state index in [1.54, 1.807) is 25.9 Å². The highest BCUT2D eigenvalue weighted by Crippen LogP contribution is 2.41. The normalized spacial score (nSPS) is 20.8. The van der Waals surface area contributed by atoms with Gasteiger partial charge in [0.15, 0.2) is 23.0 Å². The van der Waals surface area contributed by atoms with Crippen LogP contribution in [0.15, 0.2) is 60.7 Å². The quantitative estimate of drug-likeness (QED) is 0.309. The third kappa shape index (κ3) is 7.93. The molecule has 8 rings (SSSR count). The van der Waals surface area contributed by atoms with Crippen molar-refractivity contribution in [2.75, 3.05) is 64.9 Å². The molecule has 0 saturated carbocycles. The number of cyclic esters (lactones) is 1. The van der Waals surface area contributed by atoms with Gasteiger partial charge < -0.3 is 44.4 Å². The van der Waals surface area contributed by atoms with Crippen LogP contribution in [0, 0.1) is 0 Å². The zero-order chi connectivity index (χ0) is 37.0. The van der Waals surface area contributed by atoms with Crippen LogP contribution in [0.5, 0.6) is 28.7 Å². The molecule has 3 saturated heterocycles. The Hall–Kier alpha value is -5.21. The van der Waals surface area contributed by atoms with Crippen molar-refractivity contribution in [1.29, 1.82) is 0 Å². The number of methoxy groups -OCH3 is 1. The molecule has 0 spiro atoms. The Kier molecular flexibility index (Phi) is 10.5. The van der Waals surface area contributed by atoms with E-state index in [1.165, 1.54) is 0 Å². The third-order valence-corrected chi connectivity index (χ3v) is 10.6. The van der Waals surface area contributed by atoms with Gasteiger partial charge in [0.1, 0.15) is 11.9 Å². The molecule has 53 heavy (non-hydrogen) atoms. The molecule has 1 atom stereocenters. The number of rotatable bonds is 8. The van der Waals surface area contributed by atoms with Crippen LogP contribution >= 0.6 is 0 Å². The number of amides is 3. The first-order valence-electron chi connectivity index (χ1n) is 18.1. The Balaban J connectivity index is 0.000000193. The van der Waals surface area contributed by atoms with Crippen LogP contribution in [0.25, 0.3) is 0 Å². The monoisotopic (exact) mass is 729 g/mol. The molecule has 282 valence electrons. The molecule has 14 nitrogen and oxygen atoms in total. The first kappa shape index (κ1) is 36.2. The van der Waals surface area contributed by atoms with Crippen molar-refractivity contribution in [2.24, 2.45) is 0 Å². The molecule has 5 aliphatic rings. The minimum absolute atomic E-state index is 0.000401. The third-order valence-electron chi connectivity index (χ3n) is 10.6. The van der Waals surface area contributed by atoms with Crippen molar-refractivity contribution in [3.63, 3.8) is 0 Å². The summed E-state index contributed by atoms with van der Waals surface area (Å²) in [4.78, 5) is 40.0. The van der Waals surface area contributed by atoms with Crippen LogP contribution in [-0.2, 0) is 25.4 Å². The van der Waals surface area contributed by atoms with Gasteiger partial charge in [-0.3, -0.25) is 19.4 Å². The zero-order valence-corrected chi connectivity index (χ0v) is 30.4. The van der Waals surface area contributed by atoms with Crippen molar-refractivity contribution in [2.45, 2.75) is 56.7 Å². The van der Waals surface area contributed by atoms with Gasteiger partial charge in [0.2, 0.25) is 25.4 Å². The Morgan fingerprint density at radius 2 is 1.30 bits per heavy atom. The number of ether oxygens (including phenoxy) is 6. The lowest BCUT2D eigenvalue weighted by atomic mass is 9.80. The molecule has 0 aromatic heterocycles. The van der Waals surface area contributed by atoms with Crippen molar-refractivity contribution >= 4 is 23.6 Å². The largest absolute Gasteiger partial charge is 0.497 e. The molecule has 1 unspecified atom stereocenters. The van der Waals surface area contributed by atoms with E-state index >= 15 is 0 Å². The molecule has 3 aromatic rings. The first-order valence-corrected chi connectivity index (χ1v) is 18.1. The lowest BCUT2D eigenvalue weighted by Gasteiger charge is -2.43. The predicted octanol–water partition coefficient (Wildman–Crippen LogP) is 4.01. The van der Waals surface area contributed by atoms with E-state index < -0.39 is 5.54 Å². The maximum absolute atomic E-state index is 12.5. The average Bonchev–Trinajstić information content (AvgIpc) is 3.92. The highest BCUT2D eigenvalue weighted by molar-refractivity contribution is 5.89. The molecule has 0 radical (unpaired) electrons. The van der Waals surface area contributed by atoms with Crippen LogP contribution in [-0.4, -0.2) is 88.9 Å². The van der Waals surface area contributed by atoms with E-state index in [0.717, 1.165) is 91.7 Å². The van der Waals surface area contributed by atoms with Gasteiger partial charge in [-0.05, 0) is 98.4 Å². The smallest absolute Gasteiger partial charge is 0.414 e. The van der Waals surface area contributed by atoms with E-state index in [-0.39, 0.29) is 43.1 Å². The summed E-state index contributed by atoms with van der Waals surface area (Å²) < 4.78 is 32.6. The van der Waals surface area contributed by atoms with Gasteiger partial charge in [-0.2, -0.15) is 0 Å². The summed E-state index contributed by atoms with van der Waals surface area (Å²) in [7, 11) is 1.61. The van der Waals surface area contributed by atoms with Crippen LogP contribution in [0.2, 0.25) is 0 Å². The maximum atomic E-state index is 12.5. The lowest BCUT2D eigenvalue weighted by Crippen LogP contribution is -2.53. The molecule has 5 aliphatic heterocycles. The van der Waals surface area contributed by atoms with Gasteiger partial charge >= 0.3 is 6.09 Å². The molecule has 0 bridgehead atoms. The summed E-state index contributed by atoms with van der Waals surface area (Å²) >= 11 is 0. The Labute approximate surface area is 309 Å². The summed E-state index contributed by atoms with van der Waals surface area (Å²) in [6.07, 6.45) is 2.70. The van der Waals surface area contributed by atoms with Crippen LogP contribution < -0.4 is 44.5 Å². The minimum Gasteiger partial charge on any atom is -0.497 e. The predicted molar refractivity (Wildman–Crippen MR) is 195 cm³/mol. The van der Waals surface area contributed by atoms with Crippen LogP contribution in [0.1, 0.15) is 50.7 Å². The number of carbonyl (C=O) groups excluding carboxylic acids is 3. The van der Waals surface area contributed by atoms with E-state index in [2.05, 4.69) is 20.9 Å². The van der Waals surface area contributed by atoms with Crippen molar-refractivity contribution in [1.82, 2.24) is 20.9 Å². The zero-order valence-electron chi connectivity index (χ0n) is 30.4. The number of hydrogen-bond donors (Lipinski definition) is 3. The van der Waals surface area contributed by atoms with Crippen LogP contribution in [0.3, 0.4) is 0 Å². The number of nitrogens with one attached hydrogen (secondary N) is 3. The Morgan fingerprint density at radius 3 is 1.83 bits per heavy atom. The van der Waals surface area contributed by atoms with Gasteiger partial charge in [0.05, 0.1) is 24.7 Å². The lowest BCUT2D eigenvalue weighted by molar-refractivity contribution is -0.122. The standard InChI is InChI=1S/C25H29N3O6.C14H18N2O3/c1-17(29)26-25(18-3-8-22-23(13-18)33-16-32-22)9-11-27(12-10-25)14-21-15-28(24(30)34-21)19-4-6-20(31-2)7-5-19;1-10(17)16-14(4-6-15-7-5-14)11-2-3-12-13(8-11)19-9-18-12/h3-8,13,21H,9-12,14-16H2,1-2H3,(H,26,29);2-3,8,15H,4-7,9H2,1H3,(H,16,17). The van der Waals surface area contributed by atoms with Crippen molar-refractivity contribution in [3.8, 4) is 28.7 Å². The van der Waals surface area contributed by atoms with Crippen molar-refractivity contribution < 1.29 is 42.8 Å². The Bertz CT molecular complexity index is 1810. The van der Waals surface area contributed by atoms with E-state index in [4.69, 9.17) is 28.4 Å². The van der Waals surface area contributed by atoms with Gasteiger partial charge in [-0.1, -0.05) is 12.1 Å². The molecule has 3 fully saturated rings. The maximum Gasteiger partial charge on any atom is 0.414 e. The fraction of sp³-hybridized carbons (Fsp3) is 0.462. The summed E-state index contributed by atoms with van der Waals surface area (Å²) in [6, 6.07) is 19.2. The number of nitrogens with zero attached hydrogens (tertiary/aromatic N) is 2. The number of piperidine rings is 2. The van der Waals surface area contributed by atoms with E-state index in [1.807, 2.05) is 60.7 Å². The summed E-state index contributed by atoms with van der Waals surface area (Å²) in [5.41, 5.74) is 2.14. The minimum atomic E-state index is -0.467. The van der Waals surface area contributed by atoms with Gasteiger partial charge in [-0.25, -0.2) is 4.79 Å². The second kappa shape index (κ2) is 15.4. The number of anilines is 1.